The highest BCUT2D eigenvalue weighted by Gasteiger charge is 2.15. The quantitative estimate of drug-likeness (QED) is 0.771. The third-order valence-electron chi connectivity index (χ3n) is 2.26. The molecule has 1 rings (SSSR count). The van der Waals surface area contributed by atoms with E-state index in [9.17, 15) is 0 Å². The molecule has 0 unspecified atom stereocenters. The van der Waals surface area contributed by atoms with Crippen LogP contribution in [0.3, 0.4) is 0 Å². The third-order valence-corrected chi connectivity index (χ3v) is 3.60. The summed E-state index contributed by atoms with van der Waals surface area (Å²) in [5.74, 6) is 1.29. The van der Waals surface area contributed by atoms with E-state index in [1.54, 1.807) is 7.11 Å². The van der Waals surface area contributed by atoms with Crippen LogP contribution in [0.4, 0.5) is 0 Å². The average Bonchev–Trinajstić information content (AvgIpc) is 2.13. The van der Waals surface area contributed by atoms with Gasteiger partial charge in [0.25, 0.3) is 0 Å². The number of hydrogen-bond donors (Lipinski definition) is 0. The maximum atomic E-state index is 6.11. The van der Waals surface area contributed by atoms with Crippen LogP contribution in [0.5, 0.6) is 5.75 Å². The lowest BCUT2D eigenvalue weighted by atomic mass is 10.0. The van der Waals surface area contributed by atoms with Gasteiger partial charge in [0.05, 0.1) is 11.6 Å². The van der Waals surface area contributed by atoms with Gasteiger partial charge >= 0.3 is 0 Å². The number of halogens is 2. The fraction of sp³-hybridized carbons (Fsp3) is 0.455. The molecular weight excluding hydrogens is 263 g/mol. The molecule has 0 fully saturated rings. The summed E-state index contributed by atoms with van der Waals surface area (Å²) in [6, 6.07) is 1.98. The average molecular weight is 278 g/mol. The van der Waals surface area contributed by atoms with Crippen LogP contribution >= 0.6 is 27.5 Å². The molecule has 0 bridgehead atoms. The topological polar surface area (TPSA) is 9.23 Å². The highest BCUT2D eigenvalue weighted by molar-refractivity contribution is 9.10. The second kappa shape index (κ2) is 4.54. The van der Waals surface area contributed by atoms with Crippen molar-refractivity contribution in [3.05, 3.63) is 26.7 Å². The van der Waals surface area contributed by atoms with Gasteiger partial charge in [-0.15, -0.1) is 0 Å². The van der Waals surface area contributed by atoms with Crippen LogP contribution in [0.2, 0.25) is 5.02 Å². The van der Waals surface area contributed by atoms with Gasteiger partial charge < -0.3 is 4.74 Å². The zero-order valence-corrected chi connectivity index (χ0v) is 11.2. The summed E-state index contributed by atoms with van der Waals surface area (Å²) in [7, 11) is 1.68. The van der Waals surface area contributed by atoms with Crippen molar-refractivity contribution < 1.29 is 4.74 Å². The molecule has 3 heteroatoms. The second-order valence-electron chi connectivity index (χ2n) is 3.57. The lowest BCUT2D eigenvalue weighted by Gasteiger charge is -2.16. The van der Waals surface area contributed by atoms with Gasteiger partial charge in [-0.2, -0.15) is 0 Å². The summed E-state index contributed by atoms with van der Waals surface area (Å²) in [4.78, 5) is 0. The lowest BCUT2D eigenvalue weighted by Crippen LogP contribution is -1.97. The summed E-state index contributed by atoms with van der Waals surface area (Å²) in [6.45, 7) is 6.21. The molecule has 0 radical (unpaired) electrons. The molecule has 0 saturated carbocycles. The van der Waals surface area contributed by atoms with Crippen LogP contribution in [0, 0.1) is 6.92 Å². The Morgan fingerprint density at radius 3 is 2.43 bits per heavy atom. The number of methoxy groups -OCH3 is 1. The van der Waals surface area contributed by atoms with E-state index in [1.165, 1.54) is 0 Å². The SMILES string of the molecule is COc1c(C(C)C)cc(Cl)c(C)c1Br. The standard InChI is InChI=1S/C11H14BrClO/c1-6(2)8-5-9(13)7(3)10(12)11(8)14-4/h5-6H,1-4H3. The first-order valence-corrected chi connectivity index (χ1v) is 5.68. The van der Waals surface area contributed by atoms with Crippen molar-refractivity contribution in [2.45, 2.75) is 26.7 Å². The molecule has 0 saturated heterocycles. The van der Waals surface area contributed by atoms with E-state index in [-0.39, 0.29) is 0 Å². The fourth-order valence-electron chi connectivity index (χ4n) is 1.35. The zero-order valence-electron chi connectivity index (χ0n) is 8.82. The molecule has 0 aliphatic rings. The Kier molecular flexibility index (Phi) is 3.85. The third kappa shape index (κ3) is 2.06. The Labute approximate surface area is 98.5 Å². The fourth-order valence-corrected chi connectivity index (χ4v) is 2.28. The van der Waals surface area contributed by atoms with E-state index >= 15 is 0 Å². The largest absolute Gasteiger partial charge is 0.495 e. The van der Waals surface area contributed by atoms with Crippen molar-refractivity contribution in [1.82, 2.24) is 0 Å². The first-order valence-electron chi connectivity index (χ1n) is 4.51. The second-order valence-corrected chi connectivity index (χ2v) is 4.77. The van der Waals surface area contributed by atoms with Crippen LogP contribution in [0.15, 0.2) is 10.5 Å². The maximum absolute atomic E-state index is 6.11. The predicted octanol–water partition coefficient (Wildman–Crippen LogP) is 4.54. The summed E-state index contributed by atoms with van der Waals surface area (Å²) in [5.41, 5.74) is 2.16. The number of benzene rings is 1. The maximum Gasteiger partial charge on any atom is 0.136 e. The Balaban J connectivity index is 3.43. The van der Waals surface area contributed by atoms with E-state index < -0.39 is 0 Å². The van der Waals surface area contributed by atoms with Crippen molar-refractivity contribution in [3.8, 4) is 5.75 Å². The Morgan fingerprint density at radius 2 is 2.00 bits per heavy atom. The molecule has 0 N–H and O–H groups in total. The van der Waals surface area contributed by atoms with Crippen molar-refractivity contribution >= 4 is 27.5 Å². The minimum Gasteiger partial charge on any atom is -0.495 e. The molecule has 1 aromatic carbocycles. The molecule has 0 heterocycles. The summed E-state index contributed by atoms with van der Waals surface area (Å²) in [5, 5.41) is 0.779. The Morgan fingerprint density at radius 1 is 1.43 bits per heavy atom. The monoisotopic (exact) mass is 276 g/mol. The number of hydrogen-bond acceptors (Lipinski definition) is 1. The van der Waals surface area contributed by atoms with Crippen molar-refractivity contribution in [2.24, 2.45) is 0 Å². The van der Waals surface area contributed by atoms with Crippen molar-refractivity contribution in [2.75, 3.05) is 7.11 Å². The normalized spacial score (nSPS) is 10.8. The summed E-state index contributed by atoms with van der Waals surface area (Å²) < 4.78 is 6.32. The summed E-state index contributed by atoms with van der Waals surface area (Å²) in [6.07, 6.45) is 0. The highest BCUT2D eigenvalue weighted by Crippen LogP contribution is 2.39. The molecule has 78 valence electrons. The highest BCUT2D eigenvalue weighted by atomic mass is 79.9. The smallest absolute Gasteiger partial charge is 0.136 e. The van der Waals surface area contributed by atoms with Crippen molar-refractivity contribution in [1.29, 1.82) is 0 Å². The van der Waals surface area contributed by atoms with Gasteiger partial charge in [-0.3, -0.25) is 0 Å². The van der Waals surface area contributed by atoms with Gasteiger partial charge in [0, 0.05) is 5.02 Å². The first-order chi connectivity index (χ1) is 6.49. The summed E-state index contributed by atoms with van der Waals surface area (Å²) >= 11 is 9.61. The Bertz CT molecular complexity index is 348. The Hall–Kier alpha value is -0.210. The van der Waals surface area contributed by atoms with Gasteiger partial charge in [0.1, 0.15) is 5.75 Å². The molecule has 0 aliphatic carbocycles. The minimum atomic E-state index is 0.402. The van der Waals surface area contributed by atoms with Crippen LogP contribution in [0.25, 0.3) is 0 Å². The molecule has 0 amide bonds. The van der Waals surface area contributed by atoms with Gasteiger partial charge in [-0.1, -0.05) is 25.4 Å². The number of ether oxygens (including phenoxy) is 1. The van der Waals surface area contributed by atoms with Gasteiger partial charge in [-0.25, -0.2) is 0 Å². The molecular formula is C11H14BrClO. The van der Waals surface area contributed by atoms with E-state index in [4.69, 9.17) is 16.3 Å². The van der Waals surface area contributed by atoms with Crippen LogP contribution in [-0.2, 0) is 0 Å². The first kappa shape index (κ1) is 11.9. The molecule has 0 spiro atoms. The van der Waals surface area contributed by atoms with Gasteiger partial charge in [-0.05, 0) is 46.0 Å². The van der Waals surface area contributed by atoms with Crippen molar-refractivity contribution in [3.63, 3.8) is 0 Å². The predicted molar refractivity (Wildman–Crippen MR) is 64.5 cm³/mol. The van der Waals surface area contributed by atoms with Crippen LogP contribution in [0.1, 0.15) is 30.9 Å². The van der Waals surface area contributed by atoms with E-state index in [2.05, 4.69) is 29.8 Å². The minimum absolute atomic E-state index is 0.402. The number of rotatable bonds is 2. The molecule has 0 atom stereocenters. The zero-order chi connectivity index (χ0) is 10.9. The van der Waals surface area contributed by atoms with E-state index in [1.807, 2.05) is 13.0 Å². The van der Waals surface area contributed by atoms with Gasteiger partial charge in [0.15, 0.2) is 0 Å². The molecule has 0 aliphatic heterocycles. The molecule has 1 aromatic rings. The van der Waals surface area contributed by atoms with Crippen LogP contribution in [-0.4, -0.2) is 7.11 Å². The molecule has 14 heavy (non-hydrogen) atoms. The van der Waals surface area contributed by atoms with Gasteiger partial charge in [0.2, 0.25) is 0 Å². The molecule has 0 aromatic heterocycles. The lowest BCUT2D eigenvalue weighted by molar-refractivity contribution is 0.404. The van der Waals surface area contributed by atoms with Crippen LogP contribution < -0.4 is 4.74 Å². The molecule has 1 nitrogen and oxygen atoms in total. The van der Waals surface area contributed by atoms with E-state index in [0.29, 0.717) is 5.92 Å². The van der Waals surface area contributed by atoms with E-state index in [0.717, 1.165) is 26.4 Å².